The molecule has 2 heterocycles. The first-order valence-corrected chi connectivity index (χ1v) is 8.90. The molecule has 1 aromatic heterocycles. The molecule has 0 unspecified atom stereocenters. The van der Waals surface area contributed by atoms with Gasteiger partial charge in [-0.3, -0.25) is 14.5 Å². The standard InChI is InChI=1S/C21H15ClN2O4/c1-12-11-16(23-28-12)24-18(13-5-3-2-4-6-13)17(20(26)21(24)27)19(25)14-7-9-15(22)10-8-14/h2-11,18,25H,1H3/b19-17+/t18-/m0/s1. The number of aliphatic hydroxyl groups excluding tert-OH is 1. The maximum Gasteiger partial charge on any atom is 0.301 e. The van der Waals surface area contributed by atoms with E-state index in [0.29, 0.717) is 21.9 Å². The van der Waals surface area contributed by atoms with Crippen LogP contribution in [0.5, 0.6) is 0 Å². The lowest BCUT2D eigenvalue weighted by Crippen LogP contribution is -2.29. The summed E-state index contributed by atoms with van der Waals surface area (Å²) in [7, 11) is 0. The van der Waals surface area contributed by atoms with Gasteiger partial charge in [-0.1, -0.05) is 47.1 Å². The molecule has 3 aromatic rings. The fraction of sp³-hybridized carbons (Fsp3) is 0.0952. The van der Waals surface area contributed by atoms with Crippen LogP contribution in [0.3, 0.4) is 0 Å². The number of nitrogens with zero attached hydrogens (tertiary/aromatic N) is 2. The Morgan fingerprint density at radius 3 is 2.39 bits per heavy atom. The zero-order chi connectivity index (χ0) is 19.8. The minimum atomic E-state index is -0.832. The normalized spacial score (nSPS) is 18.6. The first-order valence-electron chi connectivity index (χ1n) is 8.52. The van der Waals surface area contributed by atoms with Gasteiger partial charge in [-0.15, -0.1) is 0 Å². The summed E-state index contributed by atoms with van der Waals surface area (Å²) in [4.78, 5) is 26.9. The molecule has 4 rings (SSSR count). The van der Waals surface area contributed by atoms with Crippen LogP contribution in [0.4, 0.5) is 5.82 Å². The number of aromatic nitrogens is 1. The molecule has 2 aromatic carbocycles. The third kappa shape index (κ3) is 2.97. The maximum absolute atomic E-state index is 12.9. The van der Waals surface area contributed by atoms with E-state index in [2.05, 4.69) is 5.16 Å². The Morgan fingerprint density at radius 1 is 1.11 bits per heavy atom. The Bertz CT molecular complexity index is 1090. The topological polar surface area (TPSA) is 83.6 Å². The van der Waals surface area contributed by atoms with Gasteiger partial charge >= 0.3 is 5.91 Å². The average molecular weight is 395 g/mol. The minimum absolute atomic E-state index is 0.0147. The van der Waals surface area contributed by atoms with Crippen molar-refractivity contribution in [2.75, 3.05) is 4.90 Å². The Morgan fingerprint density at radius 2 is 1.79 bits per heavy atom. The number of carbonyl (C=O) groups is 2. The van der Waals surface area contributed by atoms with E-state index in [0.717, 1.165) is 0 Å². The van der Waals surface area contributed by atoms with Crippen LogP contribution in [0.25, 0.3) is 5.76 Å². The molecule has 1 fully saturated rings. The number of rotatable bonds is 3. The summed E-state index contributed by atoms with van der Waals surface area (Å²) in [5, 5.41) is 15.3. The second kappa shape index (κ2) is 6.98. The Balaban J connectivity index is 1.93. The van der Waals surface area contributed by atoms with Crippen molar-refractivity contribution in [3.8, 4) is 0 Å². The van der Waals surface area contributed by atoms with E-state index >= 15 is 0 Å². The molecule has 140 valence electrons. The Hall–Kier alpha value is -3.38. The first kappa shape index (κ1) is 18.0. The van der Waals surface area contributed by atoms with Gasteiger partial charge in [-0.25, -0.2) is 0 Å². The molecule has 7 heteroatoms. The number of halogens is 1. The fourth-order valence-corrected chi connectivity index (χ4v) is 3.38. The van der Waals surface area contributed by atoms with E-state index < -0.39 is 17.7 Å². The summed E-state index contributed by atoms with van der Waals surface area (Å²) in [5.74, 6) is -1.13. The van der Waals surface area contributed by atoms with Gasteiger partial charge in [0.25, 0.3) is 5.78 Å². The van der Waals surface area contributed by atoms with E-state index in [4.69, 9.17) is 16.1 Å². The number of hydrogen-bond donors (Lipinski definition) is 1. The second-order valence-corrected chi connectivity index (χ2v) is 6.82. The fourth-order valence-electron chi connectivity index (χ4n) is 3.25. The van der Waals surface area contributed by atoms with Crippen LogP contribution >= 0.6 is 11.6 Å². The van der Waals surface area contributed by atoms with Gasteiger partial charge in [0.15, 0.2) is 5.82 Å². The highest BCUT2D eigenvalue weighted by Gasteiger charge is 2.48. The van der Waals surface area contributed by atoms with Crippen LogP contribution in [-0.2, 0) is 9.59 Å². The monoisotopic (exact) mass is 394 g/mol. The van der Waals surface area contributed by atoms with Crippen molar-refractivity contribution in [2.45, 2.75) is 13.0 Å². The van der Waals surface area contributed by atoms with E-state index in [1.54, 1.807) is 61.5 Å². The number of anilines is 1. The summed E-state index contributed by atoms with van der Waals surface area (Å²) in [5.41, 5.74) is 1.04. The lowest BCUT2D eigenvalue weighted by Gasteiger charge is -2.22. The number of carbonyl (C=O) groups excluding carboxylic acids is 2. The molecule has 28 heavy (non-hydrogen) atoms. The molecule has 1 saturated heterocycles. The number of aliphatic hydroxyl groups is 1. The molecule has 0 radical (unpaired) electrons. The van der Waals surface area contributed by atoms with Crippen molar-refractivity contribution in [3.05, 3.63) is 88.1 Å². The summed E-state index contributed by atoms with van der Waals surface area (Å²) < 4.78 is 5.09. The number of ketones is 1. The van der Waals surface area contributed by atoms with Crippen molar-refractivity contribution in [1.29, 1.82) is 0 Å². The Labute approximate surface area is 165 Å². The van der Waals surface area contributed by atoms with Crippen molar-refractivity contribution < 1.29 is 19.2 Å². The quantitative estimate of drug-likeness (QED) is 0.407. The van der Waals surface area contributed by atoms with Gasteiger partial charge in [-0.05, 0) is 36.8 Å². The Kier molecular flexibility index (Phi) is 4.49. The van der Waals surface area contributed by atoms with Crippen LogP contribution < -0.4 is 4.90 Å². The first-order chi connectivity index (χ1) is 13.5. The van der Waals surface area contributed by atoms with Crippen LogP contribution in [0, 0.1) is 6.92 Å². The lowest BCUT2D eigenvalue weighted by molar-refractivity contribution is -0.132. The van der Waals surface area contributed by atoms with Gasteiger partial charge < -0.3 is 9.63 Å². The van der Waals surface area contributed by atoms with Gasteiger partial charge in [0.2, 0.25) is 0 Å². The highest BCUT2D eigenvalue weighted by Crippen LogP contribution is 2.41. The summed E-state index contributed by atoms with van der Waals surface area (Å²) in [6, 6.07) is 16.1. The van der Waals surface area contributed by atoms with Crippen molar-refractivity contribution in [2.24, 2.45) is 0 Å². The molecule has 0 bridgehead atoms. The van der Waals surface area contributed by atoms with Crippen molar-refractivity contribution in [1.82, 2.24) is 5.16 Å². The molecular formula is C21H15ClN2O4. The van der Waals surface area contributed by atoms with Crippen LogP contribution in [-0.4, -0.2) is 22.0 Å². The highest BCUT2D eigenvalue weighted by molar-refractivity contribution is 6.51. The predicted octanol–water partition coefficient (Wildman–Crippen LogP) is 4.26. The summed E-state index contributed by atoms with van der Waals surface area (Å²) in [6.07, 6.45) is 0. The summed E-state index contributed by atoms with van der Waals surface area (Å²) in [6.45, 7) is 1.69. The maximum atomic E-state index is 12.9. The molecular weight excluding hydrogens is 380 g/mol. The van der Waals surface area contributed by atoms with E-state index in [9.17, 15) is 14.7 Å². The molecule has 1 amide bonds. The van der Waals surface area contributed by atoms with Gasteiger partial charge in [0, 0.05) is 16.7 Å². The molecule has 1 aliphatic heterocycles. The van der Waals surface area contributed by atoms with Crippen LogP contribution in [0.1, 0.15) is 22.9 Å². The number of amides is 1. The smallest absolute Gasteiger partial charge is 0.301 e. The van der Waals surface area contributed by atoms with Gasteiger partial charge in [0.1, 0.15) is 11.5 Å². The van der Waals surface area contributed by atoms with Crippen molar-refractivity contribution >= 4 is 34.9 Å². The molecule has 1 N–H and O–H groups in total. The zero-order valence-corrected chi connectivity index (χ0v) is 15.6. The number of hydrogen-bond acceptors (Lipinski definition) is 5. The molecule has 0 saturated carbocycles. The molecule has 0 spiro atoms. The average Bonchev–Trinajstić information content (AvgIpc) is 3.24. The minimum Gasteiger partial charge on any atom is -0.507 e. The molecule has 1 aliphatic rings. The zero-order valence-electron chi connectivity index (χ0n) is 14.8. The molecule has 1 atom stereocenters. The van der Waals surface area contributed by atoms with E-state index in [1.165, 1.54) is 4.90 Å². The van der Waals surface area contributed by atoms with E-state index in [-0.39, 0.29) is 17.2 Å². The second-order valence-electron chi connectivity index (χ2n) is 6.38. The summed E-state index contributed by atoms with van der Waals surface area (Å²) >= 11 is 5.91. The van der Waals surface area contributed by atoms with Gasteiger partial charge in [-0.2, -0.15) is 0 Å². The molecule has 0 aliphatic carbocycles. The third-order valence-electron chi connectivity index (χ3n) is 4.54. The lowest BCUT2D eigenvalue weighted by atomic mass is 9.95. The number of aryl methyl sites for hydroxylation is 1. The highest BCUT2D eigenvalue weighted by atomic mass is 35.5. The SMILES string of the molecule is Cc1cc(N2C(=O)C(=O)/C(=C(/O)c3ccc(Cl)cc3)[C@@H]2c2ccccc2)no1. The van der Waals surface area contributed by atoms with Gasteiger partial charge in [0.05, 0.1) is 11.6 Å². The van der Waals surface area contributed by atoms with Crippen molar-refractivity contribution in [3.63, 3.8) is 0 Å². The predicted molar refractivity (Wildman–Crippen MR) is 104 cm³/mol. The largest absolute Gasteiger partial charge is 0.507 e. The molecule has 6 nitrogen and oxygen atoms in total. The van der Waals surface area contributed by atoms with Crippen LogP contribution in [0.2, 0.25) is 5.02 Å². The number of benzene rings is 2. The third-order valence-corrected chi connectivity index (χ3v) is 4.79. The van der Waals surface area contributed by atoms with Crippen LogP contribution in [0.15, 0.2) is 70.8 Å². The van der Waals surface area contributed by atoms with E-state index in [1.807, 2.05) is 6.07 Å². The number of Topliss-reactive ketones (excluding diaryl/α,β-unsaturated/α-hetero) is 1.